The summed E-state index contributed by atoms with van der Waals surface area (Å²) in [6.07, 6.45) is -2.44. The van der Waals surface area contributed by atoms with Gasteiger partial charge in [0.05, 0.1) is 0 Å². The SMILES string of the molecule is O=C(CCCl)NC1CCCCN(Cc2ccc(OC(F)(F)F)cc2)C1=O. The second-order valence-corrected chi connectivity index (χ2v) is 6.38. The van der Waals surface area contributed by atoms with E-state index in [9.17, 15) is 22.8 Å². The summed E-state index contributed by atoms with van der Waals surface area (Å²) in [7, 11) is 0. The highest BCUT2D eigenvalue weighted by Gasteiger charge is 2.31. The minimum Gasteiger partial charge on any atom is -0.406 e. The summed E-state index contributed by atoms with van der Waals surface area (Å²) in [4.78, 5) is 26.0. The van der Waals surface area contributed by atoms with Gasteiger partial charge in [0.1, 0.15) is 11.8 Å². The highest BCUT2D eigenvalue weighted by molar-refractivity contribution is 6.19. The zero-order valence-corrected chi connectivity index (χ0v) is 14.8. The maximum atomic E-state index is 12.6. The number of likely N-dealkylation sites (tertiary alicyclic amines) is 1. The van der Waals surface area contributed by atoms with Crippen molar-refractivity contribution in [1.82, 2.24) is 10.2 Å². The lowest BCUT2D eigenvalue weighted by Crippen LogP contribution is -2.47. The summed E-state index contributed by atoms with van der Waals surface area (Å²) in [6.45, 7) is 0.786. The smallest absolute Gasteiger partial charge is 0.406 e. The molecule has 9 heteroatoms. The molecule has 26 heavy (non-hydrogen) atoms. The Kier molecular flexibility index (Phi) is 7.14. The fraction of sp³-hybridized carbons (Fsp3) is 0.529. The maximum Gasteiger partial charge on any atom is 0.573 e. The first-order chi connectivity index (χ1) is 12.3. The van der Waals surface area contributed by atoms with Gasteiger partial charge in [0, 0.05) is 25.4 Å². The summed E-state index contributed by atoms with van der Waals surface area (Å²) < 4.78 is 40.4. The molecule has 1 heterocycles. The van der Waals surface area contributed by atoms with Gasteiger partial charge >= 0.3 is 6.36 Å². The van der Waals surface area contributed by atoms with Crippen molar-refractivity contribution in [2.24, 2.45) is 0 Å². The Morgan fingerprint density at radius 1 is 1.27 bits per heavy atom. The number of hydrogen-bond donors (Lipinski definition) is 1. The molecule has 144 valence electrons. The van der Waals surface area contributed by atoms with Gasteiger partial charge in [0.15, 0.2) is 0 Å². The molecule has 0 saturated carbocycles. The van der Waals surface area contributed by atoms with E-state index in [0.717, 1.165) is 12.8 Å². The molecule has 1 unspecified atom stereocenters. The van der Waals surface area contributed by atoms with Gasteiger partial charge in [-0.25, -0.2) is 0 Å². The molecular formula is C17H20ClF3N2O3. The molecule has 0 bridgehead atoms. The Balaban J connectivity index is 2.00. The van der Waals surface area contributed by atoms with Crippen LogP contribution in [0.2, 0.25) is 0 Å². The minimum atomic E-state index is -4.74. The lowest BCUT2D eigenvalue weighted by Gasteiger charge is -2.25. The zero-order chi connectivity index (χ0) is 19.2. The first-order valence-corrected chi connectivity index (χ1v) is 8.81. The van der Waals surface area contributed by atoms with E-state index in [1.165, 1.54) is 24.3 Å². The first kappa shape index (κ1) is 20.4. The van der Waals surface area contributed by atoms with E-state index in [4.69, 9.17) is 11.6 Å². The molecule has 0 radical (unpaired) electrons. The number of carbonyl (C=O) groups excluding carboxylic acids is 2. The Morgan fingerprint density at radius 3 is 2.58 bits per heavy atom. The van der Waals surface area contributed by atoms with Crippen LogP contribution in [0.3, 0.4) is 0 Å². The largest absolute Gasteiger partial charge is 0.573 e. The second-order valence-electron chi connectivity index (χ2n) is 6.01. The van der Waals surface area contributed by atoms with Gasteiger partial charge in [0.25, 0.3) is 0 Å². The van der Waals surface area contributed by atoms with E-state index in [1.807, 2.05) is 0 Å². The molecule has 0 aliphatic carbocycles. The van der Waals surface area contributed by atoms with Crippen LogP contribution in [0.4, 0.5) is 13.2 Å². The molecule has 1 saturated heterocycles. The van der Waals surface area contributed by atoms with Crippen LogP contribution in [0.5, 0.6) is 5.75 Å². The average Bonchev–Trinajstić information content (AvgIpc) is 2.71. The molecule has 1 aromatic rings. The van der Waals surface area contributed by atoms with E-state index < -0.39 is 12.4 Å². The fourth-order valence-electron chi connectivity index (χ4n) is 2.77. The highest BCUT2D eigenvalue weighted by Crippen LogP contribution is 2.23. The summed E-state index contributed by atoms with van der Waals surface area (Å²) in [5.41, 5.74) is 0.681. The number of halogens is 4. The molecule has 1 aliphatic heterocycles. The third kappa shape index (κ3) is 6.40. The van der Waals surface area contributed by atoms with Crippen molar-refractivity contribution < 1.29 is 27.5 Å². The van der Waals surface area contributed by atoms with Crippen LogP contribution < -0.4 is 10.1 Å². The van der Waals surface area contributed by atoms with Gasteiger partial charge in [-0.1, -0.05) is 12.1 Å². The van der Waals surface area contributed by atoms with Gasteiger partial charge in [0.2, 0.25) is 11.8 Å². The van der Waals surface area contributed by atoms with Gasteiger partial charge in [-0.05, 0) is 37.0 Å². The van der Waals surface area contributed by atoms with Crippen LogP contribution in [0.25, 0.3) is 0 Å². The van der Waals surface area contributed by atoms with Crippen LogP contribution in [0.15, 0.2) is 24.3 Å². The van der Waals surface area contributed by atoms with E-state index in [2.05, 4.69) is 10.1 Å². The van der Waals surface area contributed by atoms with Crippen molar-refractivity contribution in [3.8, 4) is 5.75 Å². The lowest BCUT2D eigenvalue weighted by atomic mass is 10.1. The standard InChI is InChI=1S/C17H20ClF3N2O3/c18-9-8-15(24)22-14-3-1-2-10-23(16(14)25)11-12-4-6-13(7-5-12)26-17(19,20)21/h4-7,14H,1-3,8-11H2,(H,22,24). The van der Waals surface area contributed by atoms with E-state index >= 15 is 0 Å². The maximum absolute atomic E-state index is 12.6. The number of nitrogens with one attached hydrogen (secondary N) is 1. The van der Waals surface area contributed by atoms with E-state index in [1.54, 1.807) is 4.90 Å². The van der Waals surface area contributed by atoms with Gasteiger partial charge in [-0.2, -0.15) is 0 Å². The number of alkyl halides is 4. The van der Waals surface area contributed by atoms with Gasteiger partial charge in [-0.15, -0.1) is 24.8 Å². The van der Waals surface area contributed by atoms with Crippen molar-refractivity contribution in [3.05, 3.63) is 29.8 Å². The minimum absolute atomic E-state index is 0.145. The molecular weight excluding hydrogens is 373 g/mol. The number of nitrogens with zero attached hydrogens (tertiary/aromatic N) is 1. The van der Waals surface area contributed by atoms with Crippen LogP contribution in [-0.2, 0) is 16.1 Å². The summed E-state index contributed by atoms with van der Waals surface area (Å²) in [5, 5.41) is 2.70. The van der Waals surface area contributed by atoms with E-state index in [-0.39, 0.29) is 36.4 Å². The normalized spacial score (nSPS) is 18.4. The molecule has 0 spiro atoms. The van der Waals surface area contributed by atoms with Crippen LogP contribution >= 0.6 is 11.6 Å². The predicted molar refractivity (Wildman–Crippen MR) is 89.7 cm³/mol. The average molecular weight is 393 g/mol. The Labute approximate surface area is 154 Å². The number of ether oxygens (including phenoxy) is 1. The number of amides is 2. The van der Waals surface area contributed by atoms with Crippen LogP contribution in [0.1, 0.15) is 31.2 Å². The fourth-order valence-corrected chi connectivity index (χ4v) is 2.94. The highest BCUT2D eigenvalue weighted by atomic mass is 35.5. The number of hydrogen-bond acceptors (Lipinski definition) is 3. The number of rotatable bonds is 6. The van der Waals surface area contributed by atoms with Crippen molar-refractivity contribution >= 4 is 23.4 Å². The zero-order valence-electron chi connectivity index (χ0n) is 14.0. The van der Waals surface area contributed by atoms with Crippen LogP contribution in [-0.4, -0.2) is 41.5 Å². The predicted octanol–water partition coefficient (Wildman–Crippen LogP) is 3.21. The number of carbonyl (C=O) groups is 2. The van der Waals surface area contributed by atoms with Gasteiger partial charge < -0.3 is 15.0 Å². The first-order valence-electron chi connectivity index (χ1n) is 8.27. The second kappa shape index (κ2) is 9.12. The molecule has 2 amide bonds. The molecule has 1 atom stereocenters. The Hall–Kier alpha value is -1.96. The molecule has 1 fully saturated rings. The quantitative estimate of drug-likeness (QED) is 0.756. The van der Waals surface area contributed by atoms with Crippen molar-refractivity contribution in [1.29, 1.82) is 0 Å². The molecule has 0 aromatic heterocycles. The summed E-state index contributed by atoms with van der Waals surface area (Å²) in [6, 6.07) is 4.80. The lowest BCUT2D eigenvalue weighted by molar-refractivity contribution is -0.274. The topological polar surface area (TPSA) is 58.6 Å². The monoisotopic (exact) mass is 392 g/mol. The summed E-state index contributed by atoms with van der Waals surface area (Å²) >= 11 is 5.53. The Morgan fingerprint density at radius 2 is 1.96 bits per heavy atom. The van der Waals surface area contributed by atoms with Crippen molar-refractivity contribution in [3.63, 3.8) is 0 Å². The van der Waals surface area contributed by atoms with Gasteiger partial charge in [-0.3, -0.25) is 9.59 Å². The molecule has 1 aromatic carbocycles. The van der Waals surface area contributed by atoms with Crippen molar-refractivity contribution in [2.45, 2.75) is 44.6 Å². The van der Waals surface area contributed by atoms with E-state index in [0.29, 0.717) is 18.5 Å². The van der Waals surface area contributed by atoms with Crippen molar-refractivity contribution in [2.75, 3.05) is 12.4 Å². The Bertz CT molecular complexity index is 623. The third-order valence-corrected chi connectivity index (χ3v) is 4.16. The number of benzene rings is 1. The molecule has 5 nitrogen and oxygen atoms in total. The molecule has 1 aliphatic rings. The molecule has 2 rings (SSSR count). The summed E-state index contributed by atoms with van der Waals surface area (Å²) in [5.74, 6) is -0.590. The van der Waals surface area contributed by atoms with Crippen LogP contribution in [0, 0.1) is 0 Å². The third-order valence-electron chi connectivity index (χ3n) is 3.97. The molecule has 1 N–H and O–H groups in total.